The zero-order valence-electron chi connectivity index (χ0n) is 12.1. The van der Waals surface area contributed by atoms with Crippen LogP contribution in [0.2, 0.25) is 0 Å². The molecule has 1 aromatic heterocycles. The number of carboxylic acid groups (broad SMARTS) is 1. The van der Waals surface area contributed by atoms with Gasteiger partial charge >= 0.3 is 5.97 Å². The number of nitrogens with one attached hydrogen (secondary N) is 1. The number of ether oxygens (including phenoxy) is 1. The van der Waals surface area contributed by atoms with E-state index in [0.29, 0.717) is 11.4 Å². The quantitative estimate of drug-likeness (QED) is 0.439. The number of nitrogens with two attached hydrogens (primary N) is 2. The summed E-state index contributed by atoms with van der Waals surface area (Å²) < 4.78 is 4.99. The number of aliphatic imine (C=N–C) groups is 1. The fourth-order valence-electron chi connectivity index (χ4n) is 1.51. The van der Waals surface area contributed by atoms with E-state index in [0.717, 1.165) is 11.3 Å². The molecule has 9 nitrogen and oxygen atoms in total. The number of amides is 1. The van der Waals surface area contributed by atoms with Gasteiger partial charge in [-0.3, -0.25) is 4.79 Å². The van der Waals surface area contributed by atoms with Crippen molar-refractivity contribution in [3.63, 3.8) is 0 Å². The lowest BCUT2D eigenvalue weighted by atomic mass is 10.3. The van der Waals surface area contributed by atoms with Gasteiger partial charge in [0.25, 0.3) is 5.91 Å². The molecule has 1 heterocycles. The molecule has 0 radical (unpaired) electrons. The minimum atomic E-state index is -1.07. The van der Waals surface area contributed by atoms with Crippen molar-refractivity contribution >= 4 is 52.4 Å². The van der Waals surface area contributed by atoms with E-state index in [1.807, 2.05) is 0 Å². The minimum Gasteiger partial charge on any atom is -0.482 e. The van der Waals surface area contributed by atoms with Crippen LogP contribution in [0.25, 0.3) is 0 Å². The molecule has 11 heteroatoms. The van der Waals surface area contributed by atoms with Gasteiger partial charge in [-0.2, -0.15) is 4.99 Å². The van der Waals surface area contributed by atoms with Gasteiger partial charge in [-0.15, -0.1) is 23.7 Å². The van der Waals surface area contributed by atoms with Gasteiger partial charge in [-0.05, 0) is 24.3 Å². The van der Waals surface area contributed by atoms with Crippen molar-refractivity contribution in [1.29, 1.82) is 0 Å². The predicted octanol–water partition coefficient (Wildman–Crippen LogP) is 1.19. The summed E-state index contributed by atoms with van der Waals surface area (Å²) in [5.41, 5.74) is 11.2. The Kier molecular flexibility index (Phi) is 6.96. The molecule has 1 aromatic carbocycles. The highest BCUT2D eigenvalue weighted by Gasteiger charge is 2.11. The smallest absolute Gasteiger partial charge is 0.341 e. The van der Waals surface area contributed by atoms with E-state index in [1.54, 1.807) is 24.3 Å². The normalized spacial score (nSPS) is 9.50. The average molecular weight is 372 g/mol. The third kappa shape index (κ3) is 5.74. The molecule has 2 aromatic rings. The standard InChI is InChI=1S/C13H13N5O4S.ClH/c14-12(15)18-13-17-9(6-23-13)11(21)16-7-1-3-8(4-2-7)22-5-10(19)20;/h1-4,6H,5H2,(H,16,21)(H,19,20)(H4,14,15,17,18);1H. The summed E-state index contributed by atoms with van der Waals surface area (Å²) in [5.74, 6) is -1.24. The Morgan fingerprint density at radius 2 is 1.96 bits per heavy atom. The molecule has 0 saturated carbocycles. The number of thiazole rings is 1. The molecule has 1 amide bonds. The summed E-state index contributed by atoms with van der Waals surface area (Å²) in [6.07, 6.45) is 0. The highest BCUT2D eigenvalue weighted by molar-refractivity contribution is 7.13. The van der Waals surface area contributed by atoms with E-state index in [1.165, 1.54) is 5.38 Å². The lowest BCUT2D eigenvalue weighted by Gasteiger charge is -2.06. The third-order valence-electron chi connectivity index (χ3n) is 2.42. The van der Waals surface area contributed by atoms with Crippen molar-refractivity contribution in [3.05, 3.63) is 35.3 Å². The number of aromatic nitrogens is 1. The summed E-state index contributed by atoms with van der Waals surface area (Å²) in [6.45, 7) is -0.432. The van der Waals surface area contributed by atoms with Crippen LogP contribution in [0.3, 0.4) is 0 Å². The van der Waals surface area contributed by atoms with Gasteiger partial charge in [0.15, 0.2) is 12.6 Å². The molecule has 128 valence electrons. The second-order valence-electron chi connectivity index (χ2n) is 4.21. The van der Waals surface area contributed by atoms with Crippen LogP contribution < -0.4 is 21.5 Å². The zero-order valence-corrected chi connectivity index (χ0v) is 13.8. The Bertz CT molecular complexity index is 743. The Labute approximate surface area is 146 Å². The van der Waals surface area contributed by atoms with Gasteiger partial charge in [-0.25, -0.2) is 9.78 Å². The minimum absolute atomic E-state index is 0. The van der Waals surface area contributed by atoms with Crippen LogP contribution in [-0.2, 0) is 4.79 Å². The summed E-state index contributed by atoms with van der Waals surface area (Å²) in [5, 5.41) is 13.0. The molecule has 0 aliphatic carbocycles. The number of hydrogen-bond donors (Lipinski definition) is 4. The molecular formula is C13H14ClN5O4S. The first-order valence-electron chi connectivity index (χ1n) is 6.25. The first-order chi connectivity index (χ1) is 10.9. The predicted molar refractivity (Wildman–Crippen MR) is 92.4 cm³/mol. The van der Waals surface area contributed by atoms with Gasteiger partial charge in [0.1, 0.15) is 11.4 Å². The van der Waals surface area contributed by atoms with Gasteiger partial charge in [0.05, 0.1) is 0 Å². The Hall–Kier alpha value is -2.85. The van der Waals surface area contributed by atoms with Gasteiger partial charge < -0.3 is 26.6 Å². The lowest BCUT2D eigenvalue weighted by Crippen LogP contribution is -2.21. The maximum Gasteiger partial charge on any atom is 0.341 e. The molecule has 0 fully saturated rings. The maximum atomic E-state index is 12.0. The SMILES string of the molecule is Cl.NC(N)=Nc1nc(C(=O)Nc2ccc(OCC(=O)O)cc2)cs1. The van der Waals surface area contributed by atoms with Crippen LogP contribution >= 0.6 is 23.7 Å². The summed E-state index contributed by atoms with van der Waals surface area (Å²) >= 11 is 1.13. The van der Waals surface area contributed by atoms with Crippen LogP contribution in [0, 0.1) is 0 Å². The number of aliphatic carboxylic acids is 1. The largest absolute Gasteiger partial charge is 0.482 e. The van der Waals surface area contributed by atoms with Crippen LogP contribution in [0.15, 0.2) is 34.6 Å². The molecule has 0 spiro atoms. The molecule has 0 unspecified atom stereocenters. The van der Waals surface area contributed by atoms with Crippen molar-refractivity contribution in [2.24, 2.45) is 16.5 Å². The van der Waals surface area contributed by atoms with E-state index in [-0.39, 0.29) is 29.2 Å². The van der Waals surface area contributed by atoms with E-state index in [4.69, 9.17) is 21.3 Å². The lowest BCUT2D eigenvalue weighted by molar-refractivity contribution is -0.139. The number of hydrogen-bond acceptors (Lipinski definition) is 6. The van der Waals surface area contributed by atoms with Gasteiger partial charge in [0.2, 0.25) is 5.13 Å². The molecular weight excluding hydrogens is 358 g/mol. The van der Waals surface area contributed by atoms with Crippen molar-refractivity contribution in [2.75, 3.05) is 11.9 Å². The third-order valence-corrected chi connectivity index (χ3v) is 3.16. The van der Waals surface area contributed by atoms with Crippen molar-refractivity contribution in [1.82, 2.24) is 4.98 Å². The number of carbonyl (C=O) groups is 2. The monoisotopic (exact) mass is 371 g/mol. The van der Waals surface area contributed by atoms with Crippen LogP contribution in [-0.4, -0.2) is 34.5 Å². The molecule has 24 heavy (non-hydrogen) atoms. The van der Waals surface area contributed by atoms with Gasteiger partial charge in [0, 0.05) is 11.1 Å². The maximum absolute atomic E-state index is 12.0. The summed E-state index contributed by atoms with van der Waals surface area (Å²) in [4.78, 5) is 30.2. The first kappa shape index (κ1) is 19.2. The molecule has 0 atom stereocenters. The molecule has 2 rings (SSSR count). The Balaban J connectivity index is 0.00000288. The Morgan fingerprint density at radius 3 is 2.54 bits per heavy atom. The number of halogens is 1. The summed E-state index contributed by atoms with van der Waals surface area (Å²) in [6, 6.07) is 6.26. The highest BCUT2D eigenvalue weighted by atomic mass is 35.5. The number of anilines is 1. The first-order valence-corrected chi connectivity index (χ1v) is 7.13. The van der Waals surface area contributed by atoms with Crippen LogP contribution in [0.1, 0.15) is 10.5 Å². The summed E-state index contributed by atoms with van der Waals surface area (Å²) in [7, 11) is 0. The van der Waals surface area contributed by atoms with E-state index in [9.17, 15) is 9.59 Å². The van der Waals surface area contributed by atoms with E-state index < -0.39 is 18.5 Å². The fourth-order valence-corrected chi connectivity index (χ4v) is 2.19. The number of benzene rings is 1. The van der Waals surface area contributed by atoms with Crippen molar-refractivity contribution in [2.45, 2.75) is 0 Å². The van der Waals surface area contributed by atoms with E-state index >= 15 is 0 Å². The number of carboxylic acids is 1. The second kappa shape index (κ2) is 8.70. The molecule has 6 N–H and O–H groups in total. The van der Waals surface area contributed by atoms with Crippen molar-refractivity contribution < 1.29 is 19.4 Å². The molecule has 0 bridgehead atoms. The zero-order chi connectivity index (χ0) is 16.8. The number of nitrogens with zero attached hydrogens (tertiary/aromatic N) is 2. The average Bonchev–Trinajstić information content (AvgIpc) is 2.94. The number of guanidine groups is 1. The van der Waals surface area contributed by atoms with Crippen LogP contribution in [0.5, 0.6) is 5.75 Å². The topological polar surface area (TPSA) is 153 Å². The van der Waals surface area contributed by atoms with E-state index in [2.05, 4.69) is 15.3 Å². The highest BCUT2D eigenvalue weighted by Crippen LogP contribution is 2.20. The van der Waals surface area contributed by atoms with Gasteiger partial charge in [-0.1, -0.05) is 0 Å². The Morgan fingerprint density at radius 1 is 1.29 bits per heavy atom. The molecule has 0 aliphatic rings. The molecule has 0 aliphatic heterocycles. The second-order valence-corrected chi connectivity index (χ2v) is 5.05. The number of rotatable bonds is 6. The van der Waals surface area contributed by atoms with Crippen molar-refractivity contribution in [3.8, 4) is 5.75 Å². The fraction of sp³-hybridized carbons (Fsp3) is 0.0769. The molecule has 0 saturated heterocycles. The number of carbonyl (C=O) groups excluding carboxylic acids is 1. The van der Waals surface area contributed by atoms with Crippen LogP contribution in [0.4, 0.5) is 10.8 Å².